The van der Waals surface area contributed by atoms with Gasteiger partial charge in [-0.25, -0.2) is 19.0 Å². The predicted octanol–water partition coefficient (Wildman–Crippen LogP) is 3.12. The molecule has 2 aromatic heterocycles. The highest BCUT2D eigenvalue weighted by molar-refractivity contribution is 6.32. The fourth-order valence-electron chi connectivity index (χ4n) is 2.44. The van der Waals surface area contributed by atoms with E-state index in [4.69, 9.17) is 21.1 Å². The van der Waals surface area contributed by atoms with Crippen LogP contribution in [0.4, 0.5) is 4.39 Å². The molecule has 0 aliphatic heterocycles. The maximum absolute atomic E-state index is 14.6. The van der Waals surface area contributed by atoms with Crippen molar-refractivity contribution in [1.29, 1.82) is 0 Å². The lowest BCUT2D eigenvalue weighted by molar-refractivity contribution is 0.0377. The molecule has 2 heterocycles. The van der Waals surface area contributed by atoms with Crippen LogP contribution in [0.3, 0.4) is 0 Å². The van der Waals surface area contributed by atoms with Crippen LogP contribution in [0.2, 0.25) is 5.15 Å². The number of esters is 1. The van der Waals surface area contributed by atoms with Gasteiger partial charge in [-0.05, 0) is 33.3 Å². The first-order valence-electron chi connectivity index (χ1n) is 9.13. The van der Waals surface area contributed by atoms with Crippen molar-refractivity contribution >= 4 is 17.6 Å². The number of carbonyl (C=O) groups excluding carboxylic acids is 1. The summed E-state index contributed by atoms with van der Waals surface area (Å²) >= 11 is 6.03. The first-order valence-corrected chi connectivity index (χ1v) is 9.51. The Morgan fingerprint density at radius 3 is 2.68 bits per heavy atom. The molecule has 0 aromatic carbocycles. The molecular weight excluding hydrogens is 391 g/mol. The van der Waals surface area contributed by atoms with Crippen LogP contribution >= 0.6 is 11.6 Å². The van der Waals surface area contributed by atoms with Gasteiger partial charge in [-0.3, -0.25) is 4.57 Å². The summed E-state index contributed by atoms with van der Waals surface area (Å²) in [6.07, 6.45) is 1.47. The third kappa shape index (κ3) is 4.96. The summed E-state index contributed by atoms with van der Waals surface area (Å²) in [6.45, 7) is 8.11. The molecule has 0 aliphatic rings. The van der Waals surface area contributed by atoms with E-state index in [0.717, 1.165) is 23.6 Å². The van der Waals surface area contributed by atoms with Crippen molar-refractivity contribution in [1.82, 2.24) is 19.3 Å². The highest BCUT2D eigenvalue weighted by Crippen LogP contribution is 2.20. The Balaban J connectivity index is 2.39. The topological polar surface area (TPSA) is 88.2 Å². The average Bonchev–Trinajstić information content (AvgIpc) is 2.95. The molecule has 0 unspecified atom stereocenters. The molecule has 0 amide bonds. The molecule has 0 radical (unpaired) electrons. The second-order valence-corrected chi connectivity index (χ2v) is 6.71. The quantitative estimate of drug-likeness (QED) is 0.356. The van der Waals surface area contributed by atoms with Gasteiger partial charge in [-0.2, -0.15) is 4.68 Å². The SMILES string of the molecule is CCCCOCc1nn(-c2nc(Cl)c(C(=O)OC(C)C)cc2F)c(=O)n1CC. The van der Waals surface area contributed by atoms with Gasteiger partial charge in [0.1, 0.15) is 17.3 Å². The van der Waals surface area contributed by atoms with Gasteiger partial charge in [0.15, 0.2) is 17.5 Å². The zero-order valence-corrected chi connectivity index (χ0v) is 17.1. The lowest BCUT2D eigenvalue weighted by atomic mass is 10.2. The number of nitrogens with zero attached hydrogens (tertiary/aromatic N) is 4. The Hall–Kier alpha value is -2.26. The predicted molar refractivity (Wildman–Crippen MR) is 101 cm³/mol. The summed E-state index contributed by atoms with van der Waals surface area (Å²) in [5, 5.41) is 3.86. The standard InChI is InChI=1S/C18H24ClFN4O4/c1-5-7-8-27-10-14-22-24(18(26)23(14)6-2)16-13(20)9-12(15(19)21-16)17(25)28-11(3)4/h9,11H,5-8,10H2,1-4H3. The Kier molecular flexibility index (Phi) is 7.70. The molecule has 0 saturated carbocycles. The summed E-state index contributed by atoms with van der Waals surface area (Å²) < 4.78 is 27.3. The van der Waals surface area contributed by atoms with Gasteiger partial charge < -0.3 is 9.47 Å². The smallest absolute Gasteiger partial charge is 0.352 e. The maximum Gasteiger partial charge on any atom is 0.352 e. The summed E-state index contributed by atoms with van der Waals surface area (Å²) in [5.41, 5.74) is -0.792. The minimum Gasteiger partial charge on any atom is -0.459 e. The monoisotopic (exact) mass is 414 g/mol. The maximum atomic E-state index is 14.6. The molecule has 0 fully saturated rings. The Bertz CT molecular complexity index is 894. The summed E-state index contributed by atoms with van der Waals surface area (Å²) in [7, 11) is 0. The van der Waals surface area contributed by atoms with Crippen molar-refractivity contribution in [3.63, 3.8) is 0 Å². The molecule has 10 heteroatoms. The highest BCUT2D eigenvalue weighted by atomic mass is 35.5. The van der Waals surface area contributed by atoms with E-state index >= 15 is 0 Å². The summed E-state index contributed by atoms with van der Waals surface area (Å²) in [5.74, 6) is -1.75. The number of unbranched alkanes of at least 4 members (excludes halogenated alkanes) is 1. The second kappa shape index (κ2) is 9.79. The number of hydrogen-bond acceptors (Lipinski definition) is 6. The van der Waals surface area contributed by atoms with E-state index < -0.39 is 29.4 Å². The van der Waals surface area contributed by atoms with E-state index in [9.17, 15) is 14.0 Å². The van der Waals surface area contributed by atoms with Gasteiger partial charge in [-0.1, -0.05) is 24.9 Å². The zero-order valence-electron chi connectivity index (χ0n) is 16.4. The first kappa shape index (κ1) is 22.0. The second-order valence-electron chi connectivity index (χ2n) is 6.35. The number of carbonyl (C=O) groups is 1. The number of halogens is 2. The third-order valence-electron chi connectivity index (χ3n) is 3.80. The van der Waals surface area contributed by atoms with Crippen molar-refractivity contribution < 1.29 is 18.7 Å². The van der Waals surface area contributed by atoms with Gasteiger partial charge >= 0.3 is 11.7 Å². The van der Waals surface area contributed by atoms with Crippen LogP contribution in [0.25, 0.3) is 5.82 Å². The van der Waals surface area contributed by atoms with E-state index in [-0.39, 0.29) is 17.3 Å². The average molecular weight is 415 g/mol. The third-order valence-corrected chi connectivity index (χ3v) is 4.09. The molecule has 8 nitrogen and oxygen atoms in total. The lowest BCUT2D eigenvalue weighted by Crippen LogP contribution is -2.25. The van der Waals surface area contributed by atoms with E-state index in [2.05, 4.69) is 10.1 Å². The molecule has 2 rings (SSSR count). The van der Waals surface area contributed by atoms with Crippen molar-refractivity contribution in [2.45, 2.75) is 59.8 Å². The molecule has 0 bridgehead atoms. The number of pyridine rings is 1. The van der Waals surface area contributed by atoms with E-state index in [1.54, 1.807) is 20.8 Å². The lowest BCUT2D eigenvalue weighted by Gasteiger charge is -2.10. The minimum absolute atomic E-state index is 0.115. The normalized spacial score (nSPS) is 11.2. The van der Waals surface area contributed by atoms with Crippen LogP contribution < -0.4 is 5.69 Å². The molecule has 0 aliphatic carbocycles. The van der Waals surface area contributed by atoms with Crippen LogP contribution in [0, 0.1) is 5.82 Å². The van der Waals surface area contributed by atoms with Crippen molar-refractivity contribution in [3.8, 4) is 5.82 Å². The molecule has 0 N–H and O–H groups in total. The van der Waals surface area contributed by atoms with Crippen LogP contribution in [-0.2, 0) is 22.6 Å². The fourth-order valence-corrected chi connectivity index (χ4v) is 2.65. The van der Waals surface area contributed by atoms with E-state index in [1.807, 2.05) is 6.92 Å². The van der Waals surface area contributed by atoms with Gasteiger partial charge in [0, 0.05) is 13.2 Å². The molecule has 2 aromatic rings. The highest BCUT2D eigenvalue weighted by Gasteiger charge is 2.23. The number of rotatable bonds is 9. The zero-order chi connectivity index (χ0) is 20.8. The van der Waals surface area contributed by atoms with Crippen molar-refractivity contribution in [2.75, 3.05) is 6.61 Å². The minimum atomic E-state index is -0.915. The molecule has 154 valence electrons. The van der Waals surface area contributed by atoms with Crippen molar-refractivity contribution in [3.05, 3.63) is 38.9 Å². The molecular formula is C18H24ClFN4O4. The van der Waals surface area contributed by atoms with Crippen LogP contribution in [0.15, 0.2) is 10.9 Å². The number of ether oxygens (including phenoxy) is 2. The van der Waals surface area contributed by atoms with Crippen molar-refractivity contribution in [2.24, 2.45) is 0 Å². The van der Waals surface area contributed by atoms with Crippen LogP contribution in [-0.4, -0.2) is 38.0 Å². The molecule has 0 spiro atoms. The van der Waals surface area contributed by atoms with Gasteiger partial charge in [0.2, 0.25) is 0 Å². The van der Waals surface area contributed by atoms with E-state index in [1.165, 1.54) is 4.57 Å². The number of hydrogen-bond donors (Lipinski definition) is 0. The Labute approximate surface area is 167 Å². The molecule has 28 heavy (non-hydrogen) atoms. The van der Waals surface area contributed by atoms with Crippen LogP contribution in [0.1, 0.15) is 56.7 Å². The Morgan fingerprint density at radius 2 is 2.07 bits per heavy atom. The molecule has 0 saturated heterocycles. The van der Waals surface area contributed by atoms with E-state index in [0.29, 0.717) is 19.0 Å². The summed E-state index contributed by atoms with van der Waals surface area (Å²) in [6, 6.07) is 0.893. The van der Waals surface area contributed by atoms with Gasteiger partial charge in [-0.15, -0.1) is 5.10 Å². The summed E-state index contributed by atoms with van der Waals surface area (Å²) in [4.78, 5) is 28.5. The Morgan fingerprint density at radius 1 is 1.36 bits per heavy atom. The van der Waals surface area contributed by atoms with Crippen LogP contribution in [0.5, 0.6) is 0 Å². The molecule has 0 atom stereocenters. The number of aromatic nitrogens is 4. The largest absolute Gasteiger partial charge is 0.459 e. The van der Waals surface area contributed by atoms with Gasteiger partial charge in [0.25, 0.3) is 0 Å². The fraction of sp³-hybridized carbons (Fsp3) is 0.556. The van der Waals surface area contributed by atoms with Gasteiger partial charge in [0.05, 0.1) is 6.10 Å². The first-order chi connectivity index (χ1) is 13.3.